The Morgan fingerprint density at radius 1 is 0.374 bits per heavy atom. The lowest BCUT2D eigenvalue weighted by atomic mass is 10.1. The molecule has 10 rings (SSSR count). The van der Waals surface area contributed by atoms with Gasteiger partial charge in [0.25, 0.3) is 0 Å². The number of benzene rings is 5. The second-order valence-electron chi connectivity index (χ2n) is 20.5. The van der Waals surface area contributed by atoms with E-state index in [9.17, 15) is 0 Å². The lowest BCUT2D eigenvalue weighted by molar-refractivity contribution is 0.591. The Morgan fingerprint density at radius 3 is 1.07 bits per heavy atom. The van der Waals surface area contributed by atoms with Crippen molar-refractivity contribution in [3.8, 4) is 0 Å². The van der Waals surface area contributed by atoms with Crippen LogP contribution in [0.3, 0.4) is 0 Å². The number of halogens is 4. The van der Waals surface area contributed by atoms with Gasteiger partial charge in [0.15, 0.2) is 0 Å². The first-order valence-corrected chi connectivity index (χ1v) is 30.7. The van der Waals surface area contributed by atoms with E-state index in [0.29, 0.717) is 91.0 Å². The van der Waals surface area contributed by atoms with Crippen LogP contribution in [0.25, 0.3) is 0 Å². The van der Waals surface area contributed by atoms with Crippen LogP contribution in [-0.4, -0.2) is 106 Å². The molecule has 91 heavy (non-hydrogen) atoms. The maximum absolute atomic E-state index is 6.10. The maximum Gasteiger partial charge on any atom is 0.233 e. The summed E-state index contributed by atoms with van der Waals surface area (Å²) < 4.78 is 0. The topological polar surface area (TPSA) is 342 Å². The summed E-state index contributed by atoms with van der Waals surface area (Å²) in [6, 6.07) is 48.7. The fourth-order valence-corrected chi connectivity index (χ4v) is 8.33. The van der Waals surface area contributed by atoms with Gasteiger partial charge in [0.2, 0.25) is 68.7 Å². The number of nitrogens with one attached hydrogen (secondary N) is 8. The second-order valence-corrected chi connectivity index (χ2v) is 21.8. The van der Waals surface area contributed by atoms with Crippen LogP contribution in [0.15, 0.2) is 152 Å². The normalized spacial score (nSPS) is 11.9. The highest BCUT2D eigenvalue weighted by atomic mass is 35.5. The number of hydrogen-bond acceptors (Lipinski definition) is 25. The van der Waals surface area contributed by atoms with E-state index in [2.05, 4.69) is 138 Å². The van der Waals surface area contributed by atoms with Gasteiger partial charge in [0, 0.05) is 72.5 Å². The van der Waals surface area contributed by atoms with E-state index in [4.69, 9.17) is 57.9 Å². The van der Waals surface area contributed by atoms with E-state index in [-0.39, 0.29) is 39.3 Å². The summed E-state index contributed by atoms with van der Waals surface area (Å²) in [6.45, 7) is 13.6. The lowest BCUT2D eigenvalue weighted by Gasteiger charge is -2.16. The molecule has 0 amide bonds. The van der Waals surface area contributed by atoms with Crippen molar-refractivity contribution in [3.63, 3.8) is 0 Å². The van der Waals surface area contributed by atoms with Crippen molar-refractivity contribution in [2.45, 2.75) is 91.8 Å². The van der Waals surface area contributed by atoms with Gasteiger partial charge in [0.1, 0.15) is 17.5 Å². The third kappa shape index (κ3) is 26.3. The van der Waals surface area contributed by atoms with Crippen molar-refractivity contribution in [1.29, 1.82) is 0 Å². The molecule has 0 aliphatic rings. The summed E-state index contributed by atoms with van der Waals surface area (Å²) >= 11 is 23.4. The van der Waals surface area contributed by atoms with E-state index in [1.165, 1.54) is 0 Å². The number of hydrogen-bond donors (Lipinski definition) is 10. The molecule has 10 aromatic rings. The number of para-hydroxylation sites is 5. The van der Waals surface area contributed by atoms with E-state index in [1.54, 1.807) is 0 Å². The lowest BCUT2D eigenvalue weighted by Crippen LogP contribution is -2.25. The number of nitrogens with two attached hydrogens (primary N) is 2. The molecule has 5 aromatic heterocycles. The van der Waals surface area contributed by atoms with Gasteiger partial charge in [-0.2, -0.15) is 64.8 Å². The Labute approximate surface area is 549 Å². The fraction of sp³-hybridized carbons (Fsp3) is 0.274. The molecule has 4 unspecified atom stereocenters. The van der Waals surface area contributed by atoms with Gasteiger partial charge >= 0.3 is 0 Å². The van der Waals surface area contributed by atoms with Crippen molar-refractivity contribution in [1.82, 2.24) is 74.8 Å². The van der Waals surface area contributed by atoms with Crippen LogP contribution in [-0.2, 0) is 12.8 Å². The summed E-state index contributed by atoms with van der Waals surface area (Å²) in [4.78, 5) is 64.3. The number of anilines is 13. The minimum absolute atomic E-state index is 0.00844. The van der Waals surface area contributed by atoms with Crippen LogP contribution in [0.5, 0.6) is 0 Å². The number of aromatic nitrogens is 15. The SMILES string of the molecule is CC(CCc1nc(Cl)nc(Nc2ccccc2)n1)Nc1nc(Cl)nc(Nc2ccccc2)n1.CC(N)CN.CCC(C)CNc1nc(Nc2ccccc2)nc(NC(C)CCc2nc(C)nc(Nc3ccccc3)n2)n1.Clc1nc(Cl)nc(Nc2ccccc2)n1. The molecule has 0 bridgehead atoms. The molecule has 25 nitrogen and oxygen atoms in total. The van der Waals surface area contributed by atoms with Gasteiger partial charge in [-0.25, -0.2) is 9.97 Å². The Balaban J connectivity index is 0.000000200. The molecule has 474 valence electrons. The average Bonchev–Trinajstić information content (AvgIpc) is 3.70. The van der Waals surface area contributed by atoms with Gasteiger partial charge in [0.05, 0.1) is 0 Å². The van der Waals surface area contributed by atoms with Crippen LogP contribution in [0.2, 0.25) is 21.1 Å². The largest absolute Gasteiger partial charge is 0.354 e. The third-order valence-electron chi connectivity index (χ3n) is 12.5. The van der Waals surface area contributed by atoms with Crippen molar-refractivity contribution in [2.24, 2.45) is 17.4 Å². The minimum atomic E-state index is 0.00844. The van der Waals surface area contributed by atoms with Crippen molar-refractivity contribution < 1.29 is 0 Å². The standard InChI is InChI=1S/C28H36N10.C22H21Cl2N9.C9H6Cl2N4.C3H10N2/c1-5-19(2)18-29-25-36-26(38-28(37-25)34-23-14-10-7-11-15-23)30-20(3)16-17-24-31-21(4)32-27(35-24)33-22-12-8-6-9-13-22;1-14(25-20-31-19(24)32-22(33-20)27-16-10-6-3-7-11-16)12-13-17-28-18(23)30-21(29-17)26-15-8-4-2-5-9-15;10-7-13-8(11)15-9(14-7)12-6-4-2-1-3-5-6;1-3(5)2-4/h6-15,19-20H,5,16-18H2,1-4H3,(H,31,32,33,35)(H3,29,30,34,36,37,38);2-11,14H,12-13H2,1H3,(H,26,28,29,30)(H2,25,27,31,32,33);1-5H,(H,12,13,14,15);3H,2,4-5H2,1H3. The second kappa shape index (κ2) is 36.9. The van der Waals surface area contributed by atoms with Crippen molar-refractivity contribution >= 4 is 122 Å². The minimum Gasteiger partial charge on any atom is -0.354 e. The molecule has 29 heteroatoms. The third-order valence-corrected chi connectivity index (χ3v) is 13.1. The van der Waals surface area contributed by atoms with Gasteiger partial charge in [-0.05, 0) is 154 Å². The highest BCUT2D eigenvalue weighted by molar-refractivity contribution is 6.31. The van der Waals surface area contributed by atoms with E-state index >= 15 is 0 Å². The summed E-state index contributed by atoms with van der Waals surface area (Å²) in [5.74, 6) is 6.06. The van der Waals surface area contributed by atoms with E-state index in [1.807, 2.05) is 172 Å². The summed E-state index contributed by atoms with van der Waals surface area (Å²) in [5.41, 5.74) is 14.6. The Hall–Kier alpha value is -9.37. The van der Waals surface area contributed by atoms with Gasteiger partial charge in [-0.1, -0.05) is 111 Å². The predicted molar refractivity (Wildman–Crippen MR) is 366 cm³/mol. The molecule has 0 fully saturated rings. The Morgan fingerprint density at radius 2 is 0.670 bits per heavy atom. The highest BCUT2D eigenvalue weighted by Crippen LogP contribution is 2.22. The first-order valence-electron chi connectivity index (χ1n) is 29.2. The number of nitrogens with zero attached hydrogens (tertiary/aromatic N) is 15. The molecular formula is C62H73Cl4N25. The zero-order valence-electron chi connectivity index (χ0n) is 51.1. The zero-order valence-corrected chi connectivity index (χ0v) is 54.1. The summed E-state index contributed by atoms with van der Waals surface area (Å²) in [5, 5.41) is 26.1. The van der Waals surface area contributed by atoms with Crippen molar-refractivity contribution in [3.05, 3.63) is 190 Å². The Kier molecular flexibility index (Phi) is 28.1. The molecule has 5 heterocycles. The molecular weight excluding hydrogens is 1240 g/mol. The monoisotopic (exact) mass is 1310 g/mol. The number of rotatable bonds is 25. The molecule has 0 radical (unpaired) electrons. The summed E-state index contributed by atoms with van der Waals surface area (Å²) in [7, 11) is 0. The van der Waals surface area contributed by atoms with Crippen LogP contribution in [0, 0.1) is 12.8 Å². The van der Waals surface area contributed by atoms with E-state index in [0.717, 1.165) is 53.6 Å². The molecule has 0 spiro atoms. The smallest absolute Gasteiger partial charge is 0.233 e. The van der Waals surface area contributed by atoms with Gasteiger partial charge < -0.3 is 54.0 Å². The van der Waals surface area contributed by atoms with Crippen LogP contribution >= 0.6 is 46.4 Å². The highest BCUT2D eigenvalue weighted by Gasteiger charge is 2.15. The van der Waals surface area contributed by atoms with Gasteiger partial charge in [-0.3, -0.25) is 0 Å². The van der Waals surface area contributed by atoms with E-state index < -0.39 is 0 Å². The average molecular weight is 1310 g/mol. The van der Waals surface area contributed by atoms with Gasteiger partial charge in [-0.15, -0.1) is 0 Å². The summed E-state index contributed by atoms with van der Waals surface area (Å²) in [6.07, 6.45) is 3.83. The first-order chi connectivity index (χ1) is 44.0. The number of aryl methyl sites for hydroxylation is 3. The molecule has 0 saturated heterocycles. The maximum atomic E-state index is 6.10. The van der Waals surface area contributed by atoms with Crippen molar-refractivity contribution in [2.75, 3.05) is 55.6 Å². The quantitative estimate of drug-likeness (QED) is 0.0254. The van der Waals surface area contributed by atoms with Crippen LogP contribution in [0.1, 0.15) is 71.4 Å². The van der Waals surface area contributed by atoms with Crippen LogP contribution in [0.4, 0.5) is 76.0 Å². The predicted octanol–water partition coefficient (Wildman–Crippen LogP) is 13.2. The first kappa shape index (κ1) is 69.1. The molecule has 0 aliphatic carbocycles. The molecule has 5 aromatic carbocycles. The fourth-order valence-electron chi connectivity index (χ4n) is 7.63. The molecule has 0 aliphatic heterocycles. The molecule has 12 N–H and O–H groups in total. The molecule has 4 atom stereocenters. The Bertz CT molecular complexity index is 3720. The molecule has 0 saturated carbocycles. The van der Waals surface area contributed by atoms with Crippen LogP contribution < -0.4 is 54.0 Å². The zero-order chi connectivity index (χ0) is 64.7.